The number of halogens is 3. The lowest BCUT2D eigenvalue weighted by Gasteiger charge is -2.20. The van der Waals surface area contributed by atoms with Crippen LogP contribution in [0.25, 0.3) is 0 Å². The van der Waals surface area contributed by atoms with Crippen molar-refractivity contribution in [2.24, 2.45) is 0 Å². The summed E-state index contributed by atoms with van der Waals surface area (Å²) in [6, 6.07) is 10.0. The summed E-state index contributed by atoms with van der Waals surface area (Å²) in [6.07, 6.45) is 1.49. The van der Waals surface area contributed by atoms with Gasteiger partial charge in [0, 0.05) is 54.1 Å². The minimum Gasteiger partial charge on any atom is -0.497 e. The third-order valence-electron chi connectivity index (χ3n) is 5.93. The molecule has 3 aromatic rings. The van der Waals surface area contributed by atoms with Crippen molar-refractivity contribution < 1.29 is 32.6 Å². The third-order valence-corrected chi connectivity index (χ3v) is 6.19. The van der Waals surface area contributed by atoms with E-state index in [4.69, 9.17) is 25.8 Å². The number of nitrogens with one attached hydrogen (secondary N) is 1. The maximum absolute atomic E-state index is 15.1. The van der Waals surface area contributed by atoms with Crippen molar-refractivity contribution in [3.63, 3.8) is 0 Å². The molecule has 0 radical (unpaired) electrons. The zero-order valence-corrected chi connectivity index (χ0v) is 20.8. The van der Waals surface area contributed by atoms with Crippen LogP contribution in [0.4, 0.5) is 14.5 Å². The van der Waals surface area contributed by atoms with Gasteiger partial charge in [-0.3, -0.25) is 9.59 Å². The van der Waals surface area contributed by atoms with Crippen LogP contribution < -0.4 is 19.7 Å². The summed E-state index contributed by atoms with van der Waals surface area (Å²) in [5.41, 5.74) is 0.185. The van der Waals surface area contributed by atoms with E-state index >= 15 is 8.78 Å². The first-order valence-corrected chi connectivity index (χ1v) is 11.7. The van der Waals surface area contributed by atoms with Crippen molar-refractivity contribution >= 4 is 29.1 Å². The molecule has 0 saturated carbocycles. The zero-order valence-electron chi connectivity index (χ0n) is 20.0. The second-order valence-electron chi connectivity index (χ2n) is 8.19. The Morgan fingerprint density at radius 1 is 1.14 bits per heavy atom. The van der Waals surface area contributed by atoms with E-state index in [0.29, 0.717) is 10.7 Å². The zero-order chi connectivity index (χ0) is 26.5. The van der Waals surface area contributed by atoms with Crippen molar-refractivity contribution in [3.05, 3.63) is 82.5 Å². The first-order valence-electron chi connectivity index (χ1n) is 11.3. The Bertz CT molecular complexity index is 1270. The number of anilines is 1. The maximum atomic E-state index is 15.1. The lowest BCUT2D eigenvalue weighted by atomic mass is 9.92. The number of ether oxygens (including phenoxy) is 3. The quantitative estimate of drug-likeness (QED) is 0.420. The first kappa shape index (κ1) is 26.3. The first-order chi connectivity index (χ1) is 17.8. The molecule has 0 spiro atoms. The summed E-state index contributed by atoms with van der Waals surface area (Å²) in [5.74, 6) is -3.91. The number of nitrogens with zero attached hydrogens (tertiary/aromatic N) is 2. The normalized spacial score (nSPS) is 17.1. The summed E-state index contributed by atoms with van der Waals surface area (Å²) < 4.78 is 45.9. The van der Waals surface area contributed by atoms with E-state index in [1.54, 1.807) is 12.1 Å². The van der Waals surface area contributed by atoms with E-state index in [1.807, 2.05) is 0 Å². The van der Waals surface area contributed by atoms with Gasteiger partial charge >= 0.3 is 0 Å². The van der Waals surface area contributed by atoms with Crippen LogP contribution in [0.1, 0.15) is 21.8 Å². The van der Waals surface area contributed by atoms with Gasteiger partial charge in [0.05, 0.1) is 13.7 Å². The molecule has 1 aliphatic heterocycles. The fourth-order valence-electron chi connectivity index (χ4n) is 4.15. The number of aromatic nitrogens is 1. The Morgan fingerprint density at radius 2 is 1.84 bits per heavy atom. The highest BCUT2D eigenvalue weighted by molar-refractivity contribution is 6.30. The number of rotatable bonds is 9. The molecule has 1 aliphatic rings. The maximum Gasteiger partial charge on any atom is 0.251 e. The van der Waals surface area contributed by atoms with Gasteiger partial charge in [-0.1, -0.05) is 11.6 Å². The summed E-state index contributed by atoms with van der Waals surface area (Å²) in [6.45, 7) is 0.315. The lowest BCUT2D eigenvalue weighted by Crippen LogP contribution is -2.44. The molecule has 37 heavy (non-hydrogen) atoms. The Morgan fingerprint density at radius 3 is 2.49 bits per heavy atom. The molecule has 1 saturated heterocycles. The van der Waals surface area contributed by atoms with Crippen LogP contribution in [-0.4, -0.2) is 56.8 Å². The molecule has 1 N–H and O–H groups in total. The Hall–Kier alpha value is -3.76. The fourth-order valence-corrected chi connectivity index (χ4v) is 4.27. The van der Waals surface area contributed by atoms with Crippen LogP contribution >= 0.6 is 11.6 Å². The van der Waals surface area contributed by atoms with Crippen molar-refractivity contribution in [1.29, 1.82) is 0 Å². The number of carbonyl (C=O) groups is 2. The minimum atomic E-state index is -1.28. The molecule has 4 rings (SSSR count). The third kappa shape index (κ3) is 5.65. The van der Waals surface area contributed by atoms with E-state index in [9.17, 15) is 9.59 Å². The van der Waals surface area contributed by atoms with E-state index in [2.05, 4.69) is 10.3 Å². The molecule has 0 bridgehead atoms. The van der Waals surface area contributed by atoms with E-state index < -0.39 is 35.4 Å². The molecular formula is C26H24ClF2N3O5. The standard InChI is InChI=1S/C26H24ClF2N3O5/c1-35-10-11-37-25-21(4-3-9-30-25)32-14-18(22-19(28)12-17(36-2)13-20(22)29)23(26(32)34)31-24(33)15-5-7-16(27)8-6-15/h3-9,12-13,18,23H,10-11,14H2,1-2H3,(H,31,33)/t18-,23-/m0/s1. The SMILES string of the molecule is COCCOc1ncccc1N1C[C@@H](c2c(F)cc(OC)cc2F)[C@H](NC(=O)c2ccc(Cl)cc2)C1=O. The average molecular weight is 532 g/mol. The summed E-state index contributed by atoms with van der Waals surface area (Å²) in [7, 11) is 2.81. The lowest BCUT2D eigenvalue weighted by molar-refractivity contribution is -0.118. The monoisotopic (exact) mass is 531 g/mol. The van der Waals surface area contributed by atoms with E-state index in [1.165, 1.54) is 49.6 Å². The molecule has 194 valence electrons. The Balaban J connectivity index is 1.72. The summed E-state index contributed by atoms with van der Waals surface area (Å²) >= 11 is 5.91. The number of carbonyl (C=O) groups excluding carboxylic acids is 2. The second kappa shape index (κ2) is 11.5. The average Bonchev–Trinajstić information content (AvgIpc) is 3.19. The van der Waals surface area contributed by atoms with Crippen LogP contribution in [0.3, 0.4) is 0 Å². The van der Waals surface area contributed by atoms with Crippen LogP contribution in [0, 0.1) is 11.6 Å². The van der Waals surface area contributed by atoms with Gasteiger partial charge in [0.15, 0.2) is 0 Å². The molecule has 2 atom stereocenters. The number of hydrogen-bond acceptors (Lipinski definition) is 6. The van der Waals surface area contributed by atoms with Gasteiger partial charge < -0.3 is 24.4 Å². The number of amides is 2. The molecule has 11 heteroatoms. The van der Waals surface area contributed by atoms with Crippen molar-refractivity contribution in [2.75, 3.05) is 38.9 Å². The second-order valence-corrected chi connectivity index (χ2v) is 8.62. The van der Waals surface area contributed by atoms with Crippen LogP contribution in [0.15, 0.2) is 54.7 Å². The largest absolute Gasteiger partial charge is 0.497 e. The molecular weight excluding hydrogens is 508 g/mol. The molecule has 2 heterocycles. The van der Waals surface area contributed by atoms with E-state index in [0.717, 1.165) is 12.1 Å². The highest BCUT2D eigenvalue weighted by Gasteiger charge is 2.46. The molecule has 8 nitrogen and oxygen atoms in total. The minimum absolute atomic E-state index is 0.0113. The van der Waals surface area contributed by atoms with Crippen LogP contribution in [0.2, 0.25) is 5.02 Å². The Labute approximate surface area is 217 Å². The highest BCUT2D eigenvalue weighted by atomic mass is 35.5. The molecule has 0 aliphatic carbocycles. The predicted molar refractivity (Wildman–Crippen MR) is 132 cm³/mol. The number of benzene rings is 2. The van der Waals surface area contributed by atoms with Crippen molar-refractivity contribution in [1.82, 2.24) is 10.3 Å². The fraction of sp³-hybridized carbons (Fsp3) is 0.269. The summed E-state index contributed by atoms with van der Waals surface area (Å²) in [4.78, 5) is 32.1. The van der Waals surface area contributed by atoms with Gasteiger partial charge in [0.2, 0.25) is 11.8 Å². The molecule has 0 unspecified atom stereocenters. The van der Waals surface area contributed by atoms with Crippen molar-refractivity contribution in [2.45, 2.75) is 12.0 Å². The van der Waals surface area contributed by atoms with Crippen LogP contribution in [0.5, 0.6) is 11.6 Å². The van der Waals surface area contributed by atoms with Gasteiger partial charge in [0.25, 0.3) is 5.91 Å². The number of pyridine rings is 1. The van der Waals surface area contributed by atoms with Gasteiger partial charge in [-0.15, -0.1) is 0 Å². The van der Waals surface area contributed by atoms with Crippen molar-refractivity contribution in [3.8, 4) is 11.6 Å². The highest BCUT2D eigenvalue weighted by Crippen LogP contribution is 2.38. The van der Waals surface area contributed by atoms with Gasteiger partial charge in [-0.2, -0.15) is 0 Å². The van der Waals surface area contributed by atoms with Gasteiger partial charge in [-0.25, -0.2) is 13.8 Å². The Kier molecular flexibility index (Phi) is 8.20. The predicted octanol–water partition coefficient (Wildman–Crippen LogP) is 3.98. The molecule has 2 aromatic carbocycles. The smallest absolute Gasteiger partial charge is 0.251 e. The summed E-state index contributed by atoms with van der Waals surface area (Å²) in [5, 5.41) is 3.08. The molecule has 1 aromatic heterocycles. The number of hydrogen-bond donors (Lipinski definition) is 1. The van der Waals surface area contributed by atoms with E-state index in [-0.39, 0.29) is 42.5 Å². The van der Waals surface area contributed by atoms with Gasteiger partial charge in [0.1, 0.15) is 35.7 Å². The van der Waals surface area contributed by atoms with Crippen LogP contribution in [-0.2, 0) is 9.53 Å². The number of methoxy groups -OCH3 is 2. The molecule has 1 fully saturated rings. The van der Waals surface area contributed by atoms with Gasteiger partial charge in [-0.05, 0) is 36.4 Å². The topological polar surface area (TPSA) is 90.0 Å². The molecule has 2 amide bonds.